The van der Waals surface area contributed by atoms with Crippen LogP contribution < -0.4 is 11.1 Å². The number of nitrogen functional groups attached to an aromatic ring is 1. The number of nitrogens with one attached hydrogen (secondary N) is 1. The number of hydrogen-bond donors (Lipinski definition) is 2. The van der Waals surface area contributed by atoms with Crippen molar-refractivity contribution in [2.45, 2.75) is 20.0 Å². The van der Waals surface area contributed by atoms with E-state index in [4.69, 9.17) is 10.5 Å². The molecule has 0 spiro atoms. The van der Waals surface area contributed by atoms with Crippen molar-refractivity contribution >= 4 is 36.4 Å². The average Bonchev–Trinajstić information content (AvgIpc) is 2.63. The Morgan fingerprint density at radius 3 is 2.56 bits per heavy atom. The van der Waals surface area contributed by atoms with Gasteiger partial charge in [0.15, 0.2) is 0 Å². The predicted molar refractivity (Wildman–Crippen MR) is 114 cm³/mol. The van der Waals surface area contributed by atoms with E-state index in [9.17, 15) is 4.79 Å². The van der Waals surface area contributed by atoms with Crippen LogP contribution in [-0.2, 0) is 17.8 Å². The van der Waals surface area contributed by atoms with Gasteiger partial charge in [0.05, 0.1) is 13.2 Å². The molecule has 0 radical (unpaired) electrons. The molecule has 0 unspecified atom stereocenters. The van der Waals surface area contributed by atoms with E-state index >= 15 is 0 Å². The van der Waals surface area contributed by atoms with Gasteiger partial charge in [0.25, 0.3) is 5.91 Å². The van der Waals surface area contributed by atoms with E-state index in [0.717, 1.165) is 44.0 Å². The van der Waals surface area contributed by atoms with Crippen molar-refractivity contribution in [1.82, 2.24) is 10.2 Å². The number of hydrogen-bond acceptors (Lipinski definition) is 4. The molecular weight excluding hydrogens is 385 g/mol. The molecule has 1 aliphatic rings. The van der Waals surface area contributed by atoms with Crippen molar-refractivity contribution in [3.8, 4) is 0 Å². The van der Waals surface area contributed by atoms with Gasteiger partial charge in [0, 0.05) is 37.4 Å². The lowest BCUT2D eigenvalue weighted by atomic mass is 10.1. The third-order valence-corrected chi connectivity index (χ3v) is 4.46. The summed E-state index contributed by atoms with van der Waals surface area (Å²) in [5.41, 5.74) is 10.3. The molecule has 1 fully saturated rings. The summed E-state index contributed by atoms with van der Waals surface area (Å²) < 4.78 is 5.39. The third kappa shape index (κ3) is 6.70. The van der Waals surface area contributed by atoms with E-state index in [-0.39, 0.29) is 30.7 Å². The lowest BCUT2D eigenvalue weighted by molar-refractivity contribution is 0.0342. The third-order valence-electron chi connectivity index (χ3n) is 4.46. The fourth-order valence-corrected chi connectivity index (χ4v) is 3.02. The zero-order valence-corrected chi connectivity index (χ0v) is 17.1. The van der Waals surface area contributed by atoms with Gasteiger partial charge in [-0.05, 0) is 35.7 Å². The summed E-state index contributed by atoms with van der Waals surface area (Å²) in [4.78, 5) is 14.8. The smallest absolute Gasteiger partial charge is 0.251 e. The molecule has 0 aliphatic carbocycles. The van der Waals surface area contributed by atoms with Gasteiger partial charge in [-0.1, -0.05) is 30.3 Å². The van der Waals surface area contributed by atoms with E-state index < -0.39 is 0 Å². The molecular formula is C20H27Cl2N3O2. The van der Waals surface area contributed by atoms with Crippen LogP contribution in [0.15, 0.2) is 42.5 Å². The minimum absolute atomic E-state index is 0. The molecule has 7 heteroatoms. The maximum absolute atomic E-state index is 12.4. The minimum atomic E-state index is -0.0941. The highest BCUT2D eigenvalue weighted by atomic mass is 35.5. The largest absolute Gasteiger partial charge is 0.399 e. The molecule has 0 atom stereocenters. The molecule has 3 N–H and O–H groups in total. The Labute approximate surface area is 173 Å². The Bertz CT molecular complexity index is 750. The first-order chi connectivity index (χ1) is 12.1. The van der Waals surface area contributed by atoms with Gasteiger partial charge in [0.1, 0.15) is 0 Å². The number of nitrogens with two attached hydrogens (primary N) is 1. The summed E-state index contributed by atoms with van der Waals surface area (Å²) in [7, 11) is 0. The molecule has 1 aliphatic heterocycles. The number of rotatable bonds is 5. The minimum Gasteiger partial charge on any atom is -0.399 e. The van der Waals surface area contributed by atoms with Crippen molar-refractivity contribution in [2.75, 3.05) is 32.0 Å². The first-order valence-electron chi connectivity index (χ1n) is 8.64. The lowest BCUT2D eigenvalue weighted by Crippen LogP contribution is -2.35. The summed E-state index contributed by atoms with van der Waals surface area (Å²) in [6, 6.07) is 13.8. The Balaban J connectivity index is 0.00000182. The number of benzene rings is 2. The van der Waals surface area contributed by atoms with Crippen molar-refractivity contribution in [3.05, 3.63) is 64.7 Å². The molecule has 2 aromatic rings. The molecule has 2 aromatic carbocycles. The first kappa shape index (κ1) is 23.2. The summed E-state index contributed by atoms with van der Waals surface area (Å²) in [6.45, 7) is 6.87. The van der Waals surface area contributed by atoms with E-state index in [2.05, 4.69) is 22.3 Å². The van der Waals surface area contributed by atoms with Crippen LogP contribution >= 0.6 is 24.8 Å². The summed E-state index contributed by atoms with van der Waals surface area (Å²) in [5, 5.41) is 2.99. The Kier molecular flexibility index (Phi) is 9.60. The van der Waals surface area contributed by atoms with Crippen molar-refractivity contribution in [3.63, 3.8) is 0 Å². The highest BCUT2D eigenvalue weighted by Gasteiger charge is 2.12. The van der Waals surface area contributed by atoms with Gasteiger partial charge in [-0.15, -0.1) is 24.8 Å². The second-order valence-corrected chi connectivity index (χ2v) is 6.47. The number of aryl methyl sites for hydroxylation is 1. The molecule has 0 aromatic heterocycles. The summed E-state index contributed by atoms with van der Waals surface area (Å²) in [6.07, 6.45) is 0. The van der Waals surface area contributed by atoms with Crippen LogP contribution in [0.4, 0.5) is 5.69 Å². The predicted octanol–water partition coefficient (Wildman–Crippen LogP) is 3.18. The van der Waals surface area contributed by atoms with Crippen molar-refractivity contribution in [1.29, 1.82) is 0 Å². The highest BCUT2D eigenvalue weighted by molar-refractivity contribution is 5.96. The maximum Gasteiger partial charge on any atom is 0.251 e. The Hall–Kier alpha value is -1.79. The van der Waals surface area contributed by atoms with Crippen LogP contribution in [0.3, 0.4) is 0 Å². The topological polar surface area (TPSA) is 67.6 Å². The molecule has 1 heterocycles. The van der Waals surface area contributed by atoms with Gasteiger partial charge in [-0.2, -0.15) is 0 Å². The zero-order valence-electron chi connectivity index (χ0n) is 15.4. The first-order valence-corrected chi connectivity index (χ1v) is 8.64. The summed E-state index contributed by atoms with van der Waals surface area (Å²) in [5.74, 6) is -0.0941. The SMILES string of the molecule is Cc1ccc(N)cc1C(=O)NCc1cccc(CN2CCOCC2)c1.Cl.Cl. The quantitative estimate of drug-likeness (QED) is 0.741. The van der Waals surface area contributed by atoms with E-state index in [1.54, 1.807) is 12.1 Å². The maximum atomic E-state index is 12.4. The molecule has 3 rings (SSSR count). The second kappa shape index (κ2) is 11.1. The number of nitrogens with zero attached hydrogens (tertiary/aromatic N) is 1. The van der Waals surface area contributed by atoms with Crippen LogP contribution in [0.25, 0.3) is 0 Å². The van der Waals surface area contributed by atoms with Crippen LogP contribution in [-0.4, -0.2) is 37.1 Å². The van der Waals surface area contributed by atoms with Crippen LogP contribution in [0.2, 0.25) is 0 Å². The van der Waals surface area contributed by atoms with Crippen LogP contribution in [0.1, 0.15) is 27.0 Å². The molecule has 1 saturated heterocycles. The van der Waals surface area contributed by atoms with Gasteiger partial charge in [0.2, 0.25) is 0 Å². The Morgan fingerprint density at radius 1 is 1.11 bits per heavy atom. The number of carbonyl (C=O) groups is 1. The summed E-state index contributed by atoms with van der Waals surface area (Å²) >= 11 is 0. The van der Waals surface area contributed by atoms with Gasteiger partial charge >= 0.3 is 0 Å². The number of carbonyl (C=O) groups excluding carboxylic acids is 1. The fourth-order valence-electron chi connectivity index (χ4n) is 3.02. The molecule has 1 amide bonds. The van der Waals surface area contributed by atoms with E-state index in [1.165, 1.54) is 5.56 Å². The number of anilines is 1. The van der Waals surface area contributed by atoms with Crippen molar-refractivity contribution < 1.29 is 9.53 Å². The number of morpholine rings is 1. The molecule has 5 nitrogen and oxygen atoms in total. The molecule has 0 bridgehead atoms. The number of ether oxygens (including phenoxy) is 1. The van der Waals surface area contributed by atoms with Crippen molar-refractivity contribution in [2.24, 2.45) is 0 Å². The van der Waals surface area contributed by atoms with E-state index in [0.29, 0.717) is 17.8 Å². The normalized spacial score (nSPS) is 14.0. The van der Waals surface area contributed by atoms with Crippen LogP contribution in [0, 0.1) is 6.92 Å². The average molecular weight is 412 g/mol. The molecule has 27 heavy (non-hydrogen) atoms. The number of halogens is 2. The Morgan fingerprint density at radius 2 is 1.81 bits per heavy atom. The molecule has 0 saturated carbocycles. The zero-order chi connectivity index (χ0) is 17.6. The standard InChI is InChI=1S/C20H25N3O2.2ClH/c1-15-5-6-18(21)12-19(15)20(24)22-13-16-3-2-4-17(11-16)14-23-7-9-25-10-8-23;;/h2-6,11-12H,7-10,13-14,21H2,1H3,(H,22,24);2*1H. The van der Waals surface area contributed by atoms with Gasteiger partial charge in [-0.25, -0.2) is 0 Å². The van der Waals surface area contributed by atoms with Gasteiger partial charge < -0.3 is 15.8 Å². The fraction of sp³-hybridized carbons (Fsp3) is 0.350. The van der Waals surface area contributed by atoms with Crippen LogP contribution in [0.5, 0.6) is 0 Å². The highest BCUT2D eigenvalue weighted by Crippen LogP contribution is 2.14. The van der Waals surface area contributed by atoms with E-state index in [1.807, 2.05) is 25.1 Å². The monoisotopic (exact) mass is 411 g/mol. The lowest BCUT2D eigenvalue weighted by Gasteiger charge is -2.26. The van der Waals surface area contributed by atoms with Gasteiger partial charge in [-0.3, -0.25) is 9.69 Å². The second-order valence-electron chi connectivity index (χ2n) is 6.47. The number of amides is 1. The molecule has 148 valence electrons.